The minimum absolute atomic E-state index is 0.0343. The Labute approximate surface area is 110 Å². The van der Waals surface area contributed by atoms with Gasteiger partial charge in [0.1, 0.15) is 0 Å². The van der Waals surface area contributed by atoms with E-state index in [0.717, 1.165) is 23.2 Å². The number of H-pyrrole nitrogens is 2. The van der Waals surface area contributed by atoms with E-state index in [2.05, 4.69) is 29.9 Å². The molecule has 2 aromatic rings. The van der Waals surface area contributed by atoms with Gasteiger partial charge >= 0.3 is 0 Å². The van der Waals surface area contributed by atoms with Crippen LogP contribution in [-0.2, 0) is 11.8 Å². The van der Waals surface area contributed by atoms with Gasteiger partial charge in [-0.05, 0) is 29.6 Å². The van der Waals surface area contributed by atoms with Crippen LogP contribution in [0.3, 0.4) is 0 Å². The lowest BCUT2D eigenvalue weighted by molar-refractivity contribution is 0.512. The molecule has 1 aliphatic rings. The van der Waals surface area contributed by atoms with Gasteiger partial charge in [0.25, 0.3) is 5.56 Å². The van der Waals surface area contributed by atoms with Crippen LogP contribution in [0.2, 0.25) is 0 Å². The first-order valence-corrected chi connectivity index (χ1v) is 6.35. The molecule has 0 spiro atoms. The molecule has 0 atom stereocenters. The maximum Gasteiger partial charge on any atom is 0.255 e. The second-order valence-electron chi connectivity index (χ2n) is 5.37. The van der Waals surface area contributed by atoms with Gasteiger partial charge in [-0.3, -0.25) is 9.78 Å². The van der Waals surface area contributed by atoms with Crippen molar-refractivity contribution in [3.63, 3.8) is 0 Å². The van der Waals surface area contributed by atoms with Gasteiger partial charge in [-0.25, -0.2) is 0 Å². The average Bonchev–Trinajstić information content (AvgIpc) is 2.31. The highest BCUT2D eigenvalue weighted by molar-refractivity contribution is 7.71. The molecular weight excluding hydrogens is 244 g/mol. The Balaban J connectivity index is 2.44. The van der Waals surface area contributed by atoms with E-state index in [0.29, 0.717) is 4.77 Å². The van der Waals surface area contributed by atoms with Gasteiger partial charge in [-0.2, -0.15) is 0 Å². The molecule has 0 saturated carbocycles. The van der Waals surface area contributed by atoms with E-state index in [1.165, 1.54) is 5.56 Å². The number of hydrogen-bond donors (Lipinski definition) is 2. The third-order valence-electron chi connectivity index (χ3n) is 3.59. The minimum atomic E-state index is -0.0728. The molecule has 4 heteroatoms. The molecule has 3 rings (SSSR count). The summed E-state index contributed by atoms with van der Waals surface area (Å²) in [6.07, 6.45) is 0.723. The van der Waals surface area contributed by atoms with Crippen LogP contribution in [0.5, 0.6) is 0 Å². The van der Waals surface area contributed by atoms with E-state index in [1.54, 1.807) is 0 Å². The van der Waals surface area contributed by atoms with Crippen LogP contribution in [0.4, 0.5) is 0 Å². The van der Waals surface area contributed by atoms with Crippen LogP contribution in [0, 0.1) is 4.77 Å². The van der Waals surface area contributed by atoms with Crippen LogP contribution < -0.4 is 5.56 Å². The Morgan fingerprint density at radius 3 is 2.72 bits per heavy atom. The number of fused-ring (bicyclic) bond motifs is 3. The monoisotopic (exact) mass is 258 g/mol. The summed E-state index contributed by atoms with van der Waals surface area (Å²) in [5.41, 5.74) is 3.91. The van der Waals surface area contributed by atoms with Gasteiger partial charge in [0.05, 0.1) is 5.69 Å². The summed E-state index contributed by atoms with van der Waals surface area (Å²) in [6, 6.07) is 8.19. The van der Waals surface area contributed by atoms with Gasteiger partial charge in [-0.15, -0.1) is 0 Å². The van der Waals surface area contributed by atoms with Crippen LogP contribution >= 0.6 is 12.2 Å². The quantitative estimate of drug-likeness (QED) is 0.714. The maximum absolute atomic E-state index is 12.0. The van der Waals surface area contributed by atoms with E-state index in [4.69, 9.17) is 12.2 Å². The Morgan fingerprint density at radius 1 is 1.22 bits per heavy atom. The lowest BCUT2D eigenvalue weighted by atomic mass is 9.72. The zero-order valence-electron chi connectivity index (χ0n) is 10.3. The molecule has 0 aliphatic heterocycles. The van der Waals surface area contributed by atoms with Crippen molar-refractivity contribution in [2.45, 2.75) is 25.7 Å². The molecule has 1 heterocycles. The molecule has 0 saturated heterocycles. The first-order valence-electron chi connectivity index (χ1n) is 5.94. The zero-order chi connectivity index (χ0) is 12.9. The van der Waals surface area contributed by atoms with Gasteiger partial charge in [0, 0.05) is 11.1 Å². The van der Waals surface area contributed by atoms with Gasteiger partial charge < -0.3 is 4.98 Å². The normalized spacial score (nSPS) is 15.9. The van der Waals surface area contributed by atoms with E-state index < -0.39 is 0 Å². The van der Waals surface area contributed by atoms with Crippen LogP contribution in [-0.4, -0.2) is 9.97 Å². The number of rotatable bonds is 0. The van der Waals surface area contributed by atoms with Gasteiger partial charge in [0.2, 0.25) is 0 Å². The predicted molar refractivity (Wildman–Crippen MR) is 74.4 cm³/mol. The lowest BCUT2D eigenvalue weighted by Crippen LogP contribution is -2.31. The molecule has 2 N–H and O–H groups in total. The first-order chi connectivity index (χ1) is 8.49. The first kappa shape index (κ1) is 11.4. The molecule has 0 fully saturated rings. The number of hydrogen-bond acceptors (Lipinski definition) is 2. The third-order valence-corrected chi connectivity index (χ3v) is 3.79. The molecule has 1 aromatic carbocycles. The molecule has 92 valence electrons. The second-order valence-corrected chi connectivity index (χ2v) is 5.78. The predicted octanol–water partition coefficient (Wildman–Crippen LogP) is 2.93. The number of benzene rings is 1. The number of nitrogens with one attached hydrogen (secondary N) is 2. The largest absolute Gasteiger partial charge is 0.331 e. The molecule has 1 aliphatic carbocycles. The summed E-state index contributed by atoms with van der Waals surface area (Å²) >= 11 is 5.06. The number of aromatic amines is 2. The fraction of sp³-hybridized carbons (Fsp3) is 0.286. The van der Waals surface area contributed by atoms with Crippen molar-refractivity contribution in [3.05, 3.63) is 50.5 Å². The summed E-state index contributed by atoms with van der Waals surface area (Å²) in [5, 5.41) is 0. The SMILES string of the molecule is CC1(C)Cc2c([nH]c(=S)[nH]c2=O)-c2ccccc21. The van der Waals surface area contributed by atoms with E-state index in [9.17, 15) is 4.79 Å². The van der Waals surface area contributed by atoms with Crippen molar-refractivity contribution in [2.75, 3.05) is 0 Å². The van der Waals surface area contributed by atoms with E-state index in [-0.39, 0.29) is 11.0 Å². The van der Waals surface area contributed by atoms with Crippen molar-refractivity contribution in [1.29, 1.82) is 0 Å². The summed E-state index contributed by atoms with van der Waals surface area (Å²) < 4.78 is 0.383. The topological polar surface area (TPSA) is 48.6 Å². The highest BCUT2D eigenvalue weighted by Gasteiger charge is 2.32. The van der Waals surface area contributed by atoms with Crippen molar-refractivity contribution in [2.24, 2.45) is 0 Å². The zero-order valence-corrected chi connectivity index (χ0v) is 11.1. The highest BCUT2D eigenvalue weighted by atomic mass is 32.1. The summed E-state index contributed by atoms with van der Waals surface area (Å²) in [7, 11) is 0. The van der Waals surface area contributed by atoms with Crippen LogP contribution in [0.25, 0.3) is 11.3 Å². The molecule has 18 heavy (non-hydrogen) atoms. The highest BCUT2D eigenvalue weighted by Crippen LogP contribution is 2.40. The lowest BCUT2D eigenvalue weighted by Gasteiger charge is -2.33. The molecule has 1 aromatic heterocycles. The van der Waals surface area contributed by atoms with E-state index in [1.807, 2.05) is 18.2 Å². The smallest absolute Gasteiger partial charge is 0.255 e. The van der Waals surface area contributed by atoms with Crippen molar-refractivity contribution < 1.29 is 0 Å². The van der Waals surface area contributed by atoms with Gasteiger partial charge in [-0.1, -0.05) is 38.1 Å². The molecule has 0 bridgehead atoms. The fourth-order valence-electron chi connectivity index (χ4n) is 2.74. The molecule has 0 unspecified atom stereocenters. The Kier molecular flexibility index (Phi) is 2.32. The molecule has 0 amide bonds. The Bertz CT molecular complexity index is 740. The molecular formula is C14H14N2OS. The summed E-state index contributed by atoms with van der Waals surface area (Å²) in [5.74, 6) is 0. The Morgan fingerprint density at radius 2 is 1.94 bits per heavy atom. The summed E-state index contributed by atoms with van der Waals surface area (Å²) in [6.45, 7) is 4.33. The Hall–Kier alpha value is -1.68. The van der Waals surface area contributed by atoms with Crippen LogP contribution in [0.15, 0.2) is 29.1 Å². The van der Waals surface area contributed by atoms with Gasteiger partial charge in [0.15, 0.2) is 4.77 Å². The second kappa shape index (κ2) is 3.65. The van der Waals surface area contributed by atoms with Crippen molar-refractivity contribution >= 4 is 12.2 Å². The molecule has 0 radical (unpaired) electrons. The maximum atomic E-state index is 12.0. The average molecular weight is 258 g/mol. The number of aromatic nitrogens is 2. The minimum Gasteiger partial charge on any atom is -0.331 e. The fourth-order valence-corrected chi connectivity index (χ4v) is 2.93. The third kappa shape index (κ3) is 1.56. The van der Waals surface area contributed by atoms with Crippen molar-refractivity contribution in [3.8, 4) is 11.3 Å². The molecule has 3 nitrogen and oxygen atoms in total. The van der Waals surface area contributed by atoms with Crippen LogP contribution in [0.1, 0.15) is 25.0 Å². The summed E-state index contributed by atoms with van der Waals surface area (Å²) in [4.78, 5) is 17.8. The standard InChI is InChI=1S/C14H14N2OS/c1-14(2)7-9-11(15-13(18)16-12(9)17)8-5-3-4-6-10(8)14/h3-6H,7H2,1-2H3,(H2,15,16,17,18). The van der Waals surface area contributed by atoms with Crippen molar-refractivity contribution in [1.82, 2.24) is 9.97 Å². The van der Waals surface area contributed by atoms with E-state index >= 15 is 0 Å².